The summed E-state index contributed by atoms with van der Waals surface area (Å²) in [4.78, 5) is 31.6. The van der Waals surface area contributed by atoms with Crippen molar-refractivity contribution in [3.05, 3.63) is 59.9 Å². The van der Waals surface area contributed by atoms with Gasteiger partial charge in [-0.2, -0.15) is 0 Å². The predicted molar refractivity (Wildman–Crippen MR) is 88.0 cm³/mol. The highest BCUT2D eigenvalue weighted by molar-refractivity contribution is 5.94. The molecule has 5 nitrogen and oxygen atoms in total. The van der Waals surface area contributed by atoms with Crippen molar-refractivity contribution < 1.29 is 9.59 Å². The number of carbonyl (C=O) groups excluding carboxylic acids is 2. The minimum atomic E-state index is 0.0468. The van der Waals surface area contributed by atoms with Crippen LogP contribution in [0.3, 0.4) is 0 Å². The molecule has 0 unspecified atom stereocenters. The van der Waals surface area contributed by atoms with Gasteiger partial charge in [-0.1, -0.05) is 18.2 Å². The van der Waals surface area contributed by atoms with Crippen LogP contribution in [0.4, 0.5) is 0 Å². The van der Waals surface area contributed by atoms with E-state index in [2.05, 4.69) is 4.98 Å². The van der Waals surface area contributed by atoms with E-state index in [9.17, 15) is 9.59 Å². The van der Waals surface area contributed by atoms with Gasteiger partial charge >= 0.3 is 0 Å². The van der Waals surface area contributed by atoms with E-state index in [0.717, 1.165) is 12.0 Å². The van der Waals surface area contributed by atoms with Crippen molar-refractivity contribution in [2.45, 2.75) is 12.8 Å². The van der Waals surface area contributed by atoms with Gasteiger partial charge in [0.1, 0.15) is 0 Å². The van der Waals surface area contributed by atoms with Gasteiger partial charge in [-0.25, -0.2) is 0 Å². The van der Waals surface area contributed by atoms with Crippen LogP contribution in [-0.4, -0.2) is 52.8 Å². The second-order valence-electron chi connectivity index (χ2n) is 5.79. The highest BCUT2D eigenvalue weighted by Gasteiger charge is 2.22. The molecule has 5 heteroatoms. The number of hydrogen-bond acceptors (Lipinski definition) is 2. The maximum atomic E-state index is 12.5. The third-order valence-corrected chi connectivity index (χ3v) is 4.17. The van der Waals surface area contributed by atoms with Crippen LogP contribution in [0.15, 0.2) is 48.8 Å². The Morgan fingerprint density at radius 3 is 2.43 bits per heavy atom. The number of nitrogens with one attached hydrogen (secondary N) is 1. The first-order valence-electron chi connectivity index (χ1n) is 7.98. The molecule has 0 radical (unpaired) electrons. The smallest absolute Gasteiger partial charge is 0.253 e. The fraction of sp³-hybridized carbons (Fsp3) is 0.333. The van der Waals surface area contributed by atoms with Gasteiger partial charge in [0.05, 0.1) is 6.42 Å². The Labute approximate surface area is 135 Å². The minimum absolute atomic E-state index is 0.0468. The standard InChI is InChI=1S/C18H21N3O2/c22-17(13-15-7-8-19-14-15)20-9-4-10-21(12-11-20)18(23)16-5-2-1-3-6-16/h1-3,5-8,14,19H,4,9-13H2. The van der Waals surface area contributed by atoms with Crippen molar-refractivity contribution in [3.8, 4) is 0 Å². The van der Waals surface area contributed by atoms with Gasteiger partial charge in [0.15, 0.2) is 0 Å². The van der Waals surface area contributed by atoms with Crippen molar-refractivity contribution in [2.24, 2.45) is 0 Å². The van der Waals surface area contributed by atoms with E-state index in [4.69, 9.17) is 0 Å². The van der Waals surface area contributed by atoms with Gasteiger partial charge in [-0.15, -0.1) is 0 Å². The molecule has 1 aliphatic rings. The maximum absolute atomic E-state index is 12.5. The second kappa shape index (κ2) is 7.13. The van der Waals surface area contributed by atoms with Crippen LogP contribution < -0.4 is 0 Å². The zero-order chi connectivity index (χ0) is 16.1. The molecule has 2 aromatic rings. The van der Waals surface area contributed by atoms with Crippen molar-refractivity contribution in [1.29, 1.82) is 0 Å². The molecule has 1 aromatic carbocycles. The number of amides is 2. The molecule has 3 rings (SSSR count). The van der Waals surface area contributed by atoms with Crippen LogP contribution in [-0.2, 0) is 11.2 Å². The molecule has 120 valence electrons. The molecule has 0 saturated carbocycles. The summed E-state index contributed by atoms with van der Waals surface area (Å²) in [5.41, 5.74) is 1.70. The lowest BCUT2D eigenvalue weighted by Gasteiger charge is -2.22. The summed E-state index contributed by atoms with van der Waals surface area (Å²) in [5.74, 6) is 0.171. The van der Waals surface area contributed by atoms with E-state index >= 15 is 0 Å². The zero-order valence-corrected chi connectivity index (χ0v) is 13.1. The Morgan fingerprint density at radius 1 is 0.957 bits per heavy atom. The third kappa shape index (κ3) is 3.80. The Bertz CT molecular complexity index is 652. The molecule has 1 aliphatic heterocycles. The van der Waals surface area contributed by atoms with Crippen LogP contribution in [0.25, 0.3) is 0 Å². The van der Waals surface area contributed by atoms with Crippen molar-refractivity contribution in [2.75, 3.05) is 26.2 Å². The van der Waals surface area contributed by atoms with Gasteiger partial charge in [-0.3, -0.25) is 9.59 Å². The van der Waals surface area contributed by atoms with Gasteiger partial charge in [0, 0.05) is 44.1 Å². The number of nitrogens with zero attached hydrogens (tertiary/aromatic N) is 2. The number of hydrogen-bond donors (Lipinski definition) is 1. The minimum Gasteiger partial charge on any atom is -0.367 e. The SMILES string of the molecule is O=C(Cc1cc[nH]c1)N1CCCN(C(=O)c2ccccc2)CC1. The van der Waals surface area contributed by atoms with Gasteiger partial charge in [0.25, 0.3) is 5.91 Å². The highest BCUT2D eigenvalue weighted by atomic mass is 16.2. The average Bonchev–Trinajstić information content (AvgIpc) is 2.96. The summed E-state index contributed by atoms with van der Waals surface area (Å²) in [6.07, 6.45) is 4.90. The monoisotopic (exact) mass is 311 g/mol. The first-order chi connectivity index (χ1) is 11.2. The second-order valence-corrected chi connectivity index (χ2v) is 5.79. The van der Waals surface area contributed by atoms with Crippen molar-refractivity contribution in [3.63, 3.8) is 0 Å². The van der Waals surface area contributed by atoms with E-state index in [1.165, 1.54) is 0 Å². The van der Waals surface area contributed by atoms with Crippen molar-refractivity contribution in [1.82, 2.24) is 14.8 Å². The molecule has 0 atom stereocenters. The van der Waals surface area contributed by atoms with Crippen LogP contribution in [0.5, 0.6) is 0 Å². The van der Waals surface area contributed by atoms with E-state index in [-0.39, 0.29) is 11.8 Å². The molecule has 2 heterocycles. The Kier molecular flexibility index (Phi) is 4.76. The number of H-pyrrole nitrogens is 1. The number of carbonyl (C=O) groups is 2. The molecule has 0 aliphatic carbocycles. The molecule has 1 N–H and O–H groups in total. The van der Waals surface area contributed by atoms with E-state index < -0.39 is 0 Å². The Hall–Kier alpha value is -2.56. The first-order valence-corrected chi connectivity index (χ1v) is 7.98. The van der Waals surface area contributed by atoms with Gasteiger partial charge in [0.2, 0.25) is 5.91 Å². The molecule has 0 bridgehead atoms. The molecule has 23 heavy (non-hydrogen) atoms. The summed E-state index contributed by atoms with van der Waals surface area (Å²) in [5, 5.41) is 0. The number of benzene rings is 1. The maximum Gasteiger partial charge on any atom is 0.253 e. The highest BCUT2D eigenvalue weighted by Crippen LogP contribution is 2.11. The van der Waals surface area contributed by atoms with Crippen LogP contribution in [0, 0.1) is 0 Å². The molecule has 1 fully saturated rings. The molecule has 0 spiro atoms. The van der Waals surface area contributed by atoms with Gasteiger partial charge in [-0.05, 0) is 30.2 Å². The number of rotatable bonds is 3. The fourth-order valence-electron chi connectivity index (χ4n) is 2.89. The Balaban J connectivity index is 1.59. The first kappa shape index (κ1) is 15.3. The number of aromatic nitrogens is 1. The lowest BCUT2D eigenvalue weighted by atomic mass is 10.2. The lowest BCUT2D eigenvalue weighted by Crippen LogP contribution is -2.37. The predicted octanol–water partition coefficient (Wildman–Crippen LogP) is 1.93. The molecule has 2 amide bonds. The van der Waals surface area contributed by atoms with E-state index in [0.29, 0.717) is 38.2 Å². The topological polar surface area (TPSA) is 56.4 Å². The van der Waals surface area contributed by atoms with Gasteiger partial charge < -0.3 is 14.8 Å². The van der Waals surface area contributed by atoms with Crippen LogP contribution in [0.2, 0.25) is 0 Å². The largest absolute Gasteiger partial charge is 0.367 e. The Morgan fingerprint density at radius 2 is 1.70 bits per heavy atom. The fourth-order valence-corrected chi connectivity index (χ4v) is 2.89. The summed E-state index contributed by atoms with van der Waals surface area (Å²) < 4.78 is 0. The molecule has 1 aromatic heterocycles. The van der Waals surface area contributed by atoms with Crippen LogP contribution >= 0.6 is 0 Å². The van der Waals surface area contributed by atoms with E-state index in [1.807, 2.05) is 58.6 Å². The lowest BCUT2D eigenvalue weighted by molar-refractivity contribution is -0.130. The number of aromatic amines is 1. The zero-order valence-electron chi connectivity index (χ0n) is 13.1. The molecule has 1 saturated heterocycles. The summed E-state index contributed by atoms with van der Waals surface area (Å²) in [6, 6.07) is 11.2. The third-order valence-electron chi connectivity index (χ3n) is 4.17. The summed E-state index contributed by atoms with van der Waals surface area (Å²) in [7, 11) is 0. The molecular weight excluding hydrogens is 290 g/mol. The summed E-state index contributed by atoms with van der Waals surface area (Å²) >= 11 is 0. The quantitative estimate of drug-likeness (QED) is 0.941. The average molecular weight is 311 g/mol. The van der Waals surface area contributed by atoms with E-state index in [1.54, 1.807) is 0 Å². The molecular formula is C18H21N3O2. The van der Waals surface area contributed by atoms with Crippen molar-refractivity contribution >= 4 is 11.8 Å². The van der Waals surface area contributed by atoms with Crippen LogP contribution in [0.1, 0.15) is 22.3 Å². The summed E-state index contributed by atoms with van der Waals surface area (Å²) in [6.45, 7) is 2.60. The normalized spacial score (nSPS) is 15.3.